The van der Waals surface area contributed by atoms with Gasteiger partial charge in [-0.2, -0.15) is 0 Å². The Morgan fingerprint density at radius 1 is 1.25 bits per heavy atom. The van der Waals surface area contributed by atoms with E-state index in [1.165, 1.54) is 0 Å². The summed E-state index contributed by atoms with van der Waals surface area (Å²) in [6, 6.07) is 11.4. The summed E-state index contributed by atoms with van der Waals surface area (Å²) in [6.07, 6.45) is 1.75. The smallest absolute Gasteiger partial charge is 0.251 e. The van der Waals surface area contributed by atoms with Crippen molar-refractivity contribution in [1.82, 2.24) is 10.3 Å². The van der Waals surface area contributed by atoms with Gasteiger partial charge in [-0.15, -0.1) is 0 Å². The lowest BCUT2D eigenvalue weighted by Crippen LogP contribution is -2.23. The molecule has 0 fully saturated rings. The lowest BCUT2D eigenvalue weighted by molar-refractivity contribution is 0.0951. The van der Waals surface area contributed by atoms with Gasteiger partial charge in [0.25, 0.3) is 5.91 Å². The van der Waals surface area contributed by atoms with Gasteiger partial charge in [-0.05, 0) is 36.8 Å². The number of aryl methyl sites for hydroxylation is 1. The first-order chi connectivity index (χ1) is 9.56. The molecule has 104 valence electrons. The Morgan fingerprint density at radius 3 is 2.75 bits per heavy atom. The van der Waals surface area contributed by atoms with Crippen LogP contribution in [0, 0.1) is 6.92 Å². The molecule has 0 saturated carbocycles. The zero-order valence-corrected chi connectivity index (χ0v) is 12.1. The molecule has 2 rings (SSSR count). The molecule has 0 aliphatic heterocycles. The summed E-state index contributed by atoms with van der Waals surface area (Å²) in [6.45, 7) is 2.47. The molecule has 20 heavy (non-hydrogen) atoms. The monoisotopic (exact) mass is 269 g/mol. The SMILES string of the molecule is Cc1cccc(C(=O)NCc2ccnc(N(C)C)c2)c1. The van der Waals surface area contributed by atoms with E-state index in [0.29, 0.717) is 12.1 Å². The molecular formula is C16H19N3O. The molecule has 0 unspecified atom stereocenters. The van der Waals surface area contributed by atoms with E-state index >= 15 is 0 Å². The van der Waals surface area contributed by atoms with Crippen molar-refractivity contribution in [2.75, 3.05) is 19.0 Å². The van der Waals surface area contributed by atoms with E-state index in [4.69, 9.17) is 0 Å². The molecule has 0 saturated heterocycles. The van der Waals surface area contributed by atoms with Crippen LogP contribution in [0.1, 0.15) is 21.5 Å². The molecule has 0 radical (unpaired) electrons. The standard InChI is InChI=1S/C16H19N3O/c1-12-5-4-6-14(9-12)16(20)18-11-13-7-8-17-15(10-13)19(2)3/h4-10H,11H2,1-3H3,(H,18,20). The van der Waals surface area contributed by atoms with Crippen LogP contribution in [0.25, 0.3) is 0 Å². The summed E-state index contributed by atoms with van der Waals surface area (Å²) in [7, 11) is 3.88. The summed E-state index contributed by atoms with van der Waals surface area (Å²) in [4.78, 5) is 18.2. The molecule has 1 heterocycles. The lowest BCUT2D eigenvalue weighted by atomic mass is 10.1. The van der Waals surface area contributed by atoms with Crippen molar-refractivity contribution in [1.29, 1.82) is 0 Å². The average molecular weight is 269 g/mol. The van der Waals surface area contributed by atoms with Crippen molar-refractivity contribution in [3.8, 4) is 0 Å². The van der Waals surface area contributed by atoms with Crippen LogP contribution in [0.3, 0.4) is 0 Å². The zero-order chi connectivity index (χ0) is 14.5. The number of carbonyl (C=O) groups is 1. The van der Waals surface area contributed by atoms with Crippen molar-refractivity contribution < 1.29 is 4.79 Å². The third kappa shape index (κ3) is 3.57. The van der Waals surface area contributed by atoms with Gasteiger partial charge in [0, 0.05) is 32.4 Å². The Bertz CT molecular complexity index is 608. The Kier molecular flexibility index (Phi) is 4.35. The van der Waals surface area contributed by atoms with E-state index in [0.717, 1.165) is 16.9 Å². The normalized spacial score (nSPS) is 10.2. The Balaban J connectivity index is 2.02. The van der Waals surface area contributed by atoms with Crippen molar-refractivity contribution in [3.63, 3.8) is 0 Å². The highest BCUT2D eigenvalue weighted by Gasteiger charge is 2.06. The fourth-order valence-corrected chi connectivity index (χ4v) is 1.89. The van der Waals surface area contributed by atoms with Crippen LogP contribution in [-0.4, -0.2) is 25.0 Å². The molecule has 0 aliphatic rings. The van der Waals surface area contributed by atoms with Crippen LogP contribution >= 0.6 is 0 Å². The number of aromatic nitrogens is 1. The van der Waals surface area contributed by atoms with E-state index in [1.54, 1.807) is 6.20 Å². The molecule has 1 amide bonds. The van der Waals surface area contributed by atoms with Crippen LogP contribution in [0.5, 0.6) is 0 Å². The minimum atomic E-state index is -0.0584. The predicted octanol–water partition coefficient (Wildman–Crippen LogP) is 2.39. The Morgan fingerprint density at radius 2 is 2.05 bits per heavy atom. The van der Waals surface area contributed by atoms with Crippen LogP contribution < -0.4 is 10.2 Å². The van der Waals surface area contributed by atoms with Crippen LogP contribution in [0.2, 0.25) is 0 Å². The maximum atomic E-state index is 12.1. The topological polar surface area (TPSA) is 45.2 Å². The Hall–Kier alpha value is -2.36. The number of carbonyl (C=O) groups excluding carboxylic acids is 1. The minimum absolute atomic E-state index is 0.0584. The van der Waals surface area contributed by atoms with Gasteiger partial charge < -0.3 is 10.2 Å². The molecule has 1 aromatic heterocycles. The van der Waals surface area contributed by atoms with E-state index < -0.39 is 0 Å². The van der Waals surface area contributed by atoms with Crippen molar-refractivity contribution in [2.24, 2.45) is 0 Å². The van der Waals surface area contributed by atoms with Crippen molar-refractivity contribution in [3.05, 3.63) is 59.3 Å². The molecule has 0 spiro atoms. The molecule has 0 bridgehead atoms. The van der Waals surface area contributed by atoms with Crippen molar-refractivity contribution >= 4 is 11.7 Å². The highest BCUT2D eigenvalue weighted by molar-refractivity contribution is 5.94. The van der Waals surface area contributed by atoms with E-state index in [1.807, 2.05) is 62.3 Å². The van der Waals surface area contributed by atoms with Gasteiger partial charge in [0.1, 0.15) is 5.82 Å². The second-order valence-electron chi connectivity index (χ2n) is 4.97. The first-order valence-electron chi connectivity index (χ1n) is 6.53. The van der Waals surface area contributed by atoms with Gasteiger partial charge in [0.05, 0.1) is 0 Å². The number of nitrogens with one attached hydrogen (secondary N) is 1. The second kappa shape index (κ2) is 6.19. The van der Waals surface area contributed by atoms with Crippen LogP contribution in [-0.2, 0) is 6.54 Å². The number of hydrogen-bond donors (Lipinski definition) is 1. The first kappa shape index (κ1) is 14.1. The zero-order valence-electron chi connectivity index (χ0n) is 12.1. The summed E-state index contributed by atoms with van der Waals surface area (Å²) in [5.41, 5.74) is 2.80. The average Bonchev–Trinajstić information content (AvgIpc) is 2.45. The minimum Gasteiger partial charge on any atom is -0.363 e. The lowest BCUT2D eigenvalue weighted by Gasteiger charge is -2.12. The number of benzene rings is 1. The molecular weight excluding hydrogens is 250 g/mol. The summed E-state index contributed by atoms with van der Waals surface area (Å²) in [5.74, 6) is 0.823. The molecule has 1 N–H and O–H groups in total. The molecule has 0 aliphatic carbocycles. The summed E-state index contributed by atoms with van der Waals surface area (Å²) in [5, 5.41) is 2.92. The highest BCUT2D eigenvalue weighted by Crippen LogP contribution is 2.10. The summed E-state index contributed by atoms with van der Waals surface area (Å²) < 4.78 is 0. The van der Waals surface area contributed by atoms with Gasteiger partial charge >= 0.3 is 0 Å². The van der Waals surface area contributed by atoms with Gasteiger partial charge in [0.2, 0.25) is 0 Å². The third-order valence-corrected chi connectivity index (χ3v) is 3.00. The first-order valence-corrected chi connectivity index (χ1v) is 6.53. The number of rotatable bonds is 4. The number of nitrogens with zero attached hydrogens (tertiary/aromatic N) is 2. The maximum Gasteiger partial charge on any atom is 0.251 e. The van der Waals surface area contributed by atoms with E-state index in [-0.39, 0.29) is 5.91 Å². The van der Waals surface area contributed by atoms with Gasteiger partial charge in [-0.3, -0.25) is 4.79 Å². The predicted molar refractivity (Wildman–Crippen MR) is 80.9 cm³/mol. The van der Waals surface area contributed by atoms with Gasteiger partial charge in [0.15, 0.2) is 0 Å². The Labute approximate surface area is 119 Å². The van der Waals surface area contributed by atoms with E-state index in [2.05, 4.69) is 10.3 Å². The number of hydrogen-bond acceptors (Lipinski definition) is 3. The third-order valence-electron chi connectivity index (χ3n) is 3.00. The number of pyridine rings is 1. The maximum absolute atomic E-state index is 12.1. The number of amides is 1. The second-order valence-corrected chi connectivity index (χ2v) is 4.97. The van der Waals surface area contributed by atoms with E-state index in [9.17, 15) is 4.79 Å². The number of anilines is 1. The molecule has 4 nitrogen and oxygen atoms in total. The molecule has 2 aromatic rings. The van der Waals surface area contributed by atoms with Crippen molar-refractivity contribution in [2.45, 2.75) is 13.5 Å². The highest BCUT2D eigenvalue weighted by atomic mass is 16.1. The largest absolute Gasteiger partial charge is 0.363 e. The fraction of sp³-hybridized carbons (Fsp3) is 0.250. The molecule has 0 atom stereocenters. The van der Waals surface area contributed by atoms with Gasteiger partial charge in [-0.25, -0.2) is 4.98 Å². The molecule has 4 heteroatoms. The summed E-state index contributed by atoms with van der Waals surface area (Å²) >= 11 is 0. The fourth-order valence-electron chi connectivity index (χ4n) is 1.89. The van der Waals surface area contributed by atoms with Gasteiger partial charge in [-0.1, -0.05) is 17.7 Å². The quantitative estimate of drug-likeness (QED) is 0.927. The molecule has 1 aromatic carbocycles. The van der Waals surface area contributed by atoms with Crippen LogP contribution in [0.4, 0.5) is 5.82 Å². The van der Waals surface area contributed by atoms with Crippen LogP contribution in [0.15, 0.2) is 42.6 Å².